The van der Waals surface area contributed by atoms with Crippen molar-refractivity contribution < 1.29 is 13.2 Å². The van der Waals surface area contributed by atoms with Crippen LogP contribution in [-0.4, -0.2) is 9.55 Å². The van der Waals surface area contributed by atoms with E-state index in [0.717, 1.165) is 16.7 Å². The molecule has 0 aliphatic carbocycles. The van der Waals surface area contributed by atoms with Crippen LogP contribution in [0.25, 0.3) is 16.7 Å². The summed E-state index contributed by atoms with van der Waals surface area (Å²) in [6.07, 6.45) is -3.07. The van der Waals surface area contributed by atoms with Crippen molar-refractivity contribution in [3.05, 3.63) is 94.4 Å². The summed E-state index contributed by atoms with van der Waals surface area (Å²) in [7, 11) is 0. The van der Waals surface area contributed by atoms with E-state index in [1.165, 1.54) is 24.4 Å². The minimum absolute atomic E-state index is 0.0663. The maximum absolute atomic E-state index is 13.1. The van der Waals surface area contributed by atoms with Gasteiger partial charge >= 0.3 is 6.18 Å². The maximum atomic E-state index is 13.1. The van der Waals surface area contributed by atoms with E-state index in [4.69, 9.17) is 5.26 Å². The van der Waals surface area contributed by atoms with Crippen molar-refractivity contribution in [1.29, 1.82) is 5.26 Å². The topological polar surface area (TPSA) is 70.7 Å². The van der Waals surface area contributed by atoms with Gasteiger partial charge in [0.25, 0.3) is 5.56 Å². The molecule has 30 heavy (non-hydrogen) atoms. The second kappa shape index (κ2) is 7.37. The number of alkyl halides is 3. The van der Waals surface area contributed by atoms with Crippen molar-refractivity contribution in [3.63, 3.8) is 0 Å². The highest BCUT2D eigenvalue weighted by molar-refractivity contribution is 5.91. The van der Waals surface area contributed by atoms with Gasteiger partial charge in [0, 0.05) is 23.3 Å². The Labute approximate surface area is 168 Å². The zero-order chi connectivity index (χ0) is 21.3. The Morgan fingerprint density at radius 3 is 2.57 bits per heavy atom. The first kappa shape index (κ1) is 19.2. The van der Waals surface area contributed by atoms with Crippen molar-refractivity contribution in [2.24, 2.45) is 0 Å². The van der Waals surface area contributed by atoms with Crippen LogP contribution in [0.1, 0.15) is 11.1 Å². The van der Waals surface area contributed by atoms with E-state index in [-0.39, 0.29) is 11.3 Å². The highest BCUT2D eigenvalue weighted by atomic mass is 19.4. The summed E-state index contributed by atoms with van der Waals surface area (Å²) in [5.41, 5.74) is 0.349. The largest absolute Gasteiger partial charge is 0.416 e. The van der Waals surface area contributed by atoms with Crippen LogP contribution in [0, 0.1) is 11.3 Å². The molecule has 0 saturated carbocycles. The zero-order valence-electron chi connectivity index (χ0n) is 15.3. The predicted octanol–water partition coefficient (Wildman–Crippen LogP) is 5.02. The lowest BCUT2D eigenvalue weighted by molar-refractivity contribution is -0.137. The van der Waals surface area contributed by atoms with E-state index in [2.05, 4.69) is 10.3 Å². The Kier molecular flexibility index (Phi) is 4.72. The van der Waals surface area contributed by atoms with Gasteiger partial charge in [-0.15, -0.1) is 0 Å². The number of fused-ring (bicyclic) bond motifs is 1. The van der Waals surface area contributed by atoms with Crippen molar-refractivity contribution in [2.75, 3.05) is 5.32 Å². The van der Waals surface area contributed by atoms with Crippen molar-refractivity contribution >= 4 is 22.4 Å². The summed E-state index contributed by atoms with van der Waals surface area (Å²) in [6.45, 7) is 0. The molecule has 0 unspecified atom stereocenters. The van der Waals surface area contributed by atoms with Crippen LogP contribution in [0.5, 0.6) is 0 Å². The second-order valence-corrected chi connectivity index (χ2v) is 6.47. The summed E-state index contributed by atoms with van der Waals surface area (Å²) < 4.78 is 40.5. The molecule has 0 saturated heterocycles. The number of hydrogen-bond donors (Lipinski definition) is 1. The number of halogens is 3. The Bertz CT molecular complexity index is 1350. The van der Waals surface area contributed by atoms with Crippen LogP contribution < -0.4 is 10.9 Å². The summed E-state index contributed by atoms with van der Waals surface area (Å²) in [5, 5.41) is 12.7. The third kappa shape index (κ3) is 3.61. The second-order valence-electron chi connectivity index (χ2n) is 6.47. The molecule has 0 aliphatic rings. The highest BCUT2D eigenvalue weighted by Crippen LogP contribution is 2.31. The summed E-state index contributed by atoms with van der Waals surface area (Å²) in [5.74, 6) is 0. The van der Waals surface area contributed by atoms with E-state index < -0.39 is 17.3 Å². The molecule has 0 spiro atoms. The van der Waals surface area contributed by atoms with Crippen molar-refractivity contribution in [2.45, 2.75) is 6.18 Å². The first-order valence-electron chi connectivity index (χ1n) is 8.82. The van der Waals surface area contributed by atoms with E-state index in [9.17, 15) is 18.0 Å². The molecule has 0 fully saturated rings. The lowest BCUT2D eigenvalue weighted by Crippen LogP contribution is -2.20. The first-order valence-corrected chi connectivity index (χ1v) is 8.82. The fourth-order valence-corrected chi connectivity index (χ4v) is 3.15. The molecule has 0 radical (unpaired) electrons. The van der Waals surface area contributed by atoms with Gasteiger partial charge in [-0.05, 0) is 48.5 Å². The molecule has 5 nitrogen and oxygen atoms in total. The zero-order valence-corrected chi connectivity index (χ0v) is 15.3. The van der Waals surface area contributed by atoms with Gasteiger partial charge in [0.15, 0.2) is 0 Å². The van der Waals surface area contributed by atoms with Gasteiger partial charge in [0.1, 0.15) is 5.65 Å². The molecule has 0 amide bonds. The number of aromatic nitrogens is 2. The third-order valence-electron chi connectivity index (χ3n) is 4.48. The molecule has 2 aromatic carbocycles. The normalized spacial score (nSPS) is 11.3. The first-order chi connectivity index (χ1) is 14.4. The molecular formula is C22H13F3N4O. The molecule has 0 bridgehead atoms. The fraction of sp³-hybridized carbons (Fsp3) is 0.0455. The number of rotatable bonds is 3. The van der Waals surface area contributed by atoms with Gasteiger partial charge in [-0.2, -0.15) is 18.4 Å². The van der Waals surface area contributed by atoms with Crippen molar-refractivity contribution in [1.82, 2.24) is 9.55 Å². The van der Waals surface area contributed by atoms with Gasteiger partial charge in [0.05, 0.1) is 28.6 Å². The predicted molar refractivity (Wildman–Crippen MR) is 107 cm³/mol. The van der Waals surface area contributed by atoms with Gasteiger partial charge in [-0.1, -0.05) is 12.1 Å². The minimum Gasteiger partial charge on any atom is -0.355 e. The summed E-state index contributed by atoms with van der Waals surface area (Å²) >= 11 is 0. The van der Waals surface area contributed by atoms with Crippen LogP contribution in [0.15, 0.2) is 77.7 Å². The molecule has 4 aromatic rings. The molecule has 4 rings (SSSR count). The average molecular weight is 406 g/mol. The van der Waals surface area contributed by atoms with E-state index >= 15 is 0 Å². The summed E-state index contributed by atoms with van der Waals surface area (Å²) in [6, 6.07) is 18.0. The van der Waals surface area contributed by atoms with Crippen molar-refractivity contribution in [3.8, 4) is 11.8 Å². The Hall–Kier alpha value is -4.12. The lowest BCUT2D eigenvalue weighted by Gasteiger charge is -2.15. The molecule has 148 valence electrons. The standard InChI is InChI=1S/C22H13F3N4O/c23-22(24,25)15-5-2-7-17(11-15)29-20(30)12-19(18-8-3-9-27-21(18)29)28-16-6-1-4-14(10-16)13-26/h1-12,28H. The van der Waals surface area contributed by atoms with Gasteiger partial charge < -0.3 is 5.32 Å². The molecule has 2 aromatic heterocycles. The van der Waals surface area contributed by atoms with Gasteiger partial charge in [-0.25, -0.2) is 4.98 Å². The molecular weight excluding hydrogens is 393 g/mol. The quantitative estimate of drug-likeness (QED) is 0.519. The molecule has 2 heterocycles. The number of nitriles is 1. The third-order valence-corrected chi connectivity index (χ3v) is 4.48. The van der Waals surface area contributed by atoms with Crippen LogP contribution in [0.3, 0.4) is 0 Å². The Morgan fingerprint density at radius 1 is 1.00 bits per heavy atom. The number of benzene rings is 2. The van der Waals surface area contributed by atoms with Crippen LogP contribution in [-0.2, 0) is 6.18 Å². The van der Waals surface area contributed by atoms with E-state index in [0.29, 0.717) is 22.3 Å². The lowest BCUT2D eigenvalue weighted by atomic mass is 10.1. The Balaban J connectivity index is 1.89. The Morgan fingerprint density at radius 2 is 1.80 bits per heavy atom. The molecule has 1 N–H and O–H groups in total. The summed E-state index contributed by atoms with van der Waals surface area (Å²) in [4.78, 5) is 17.1. The van der Waals surface area contributed by atoms with Gasteiger partial charge in [-0.3, -0.25) is 9.36 Å². The minimum atomic E-state index is -4.53. The monoisotopic (exact) mass is 406 g/mol. The van der Waals surface area contributed by atoms with Crippen LogP contribution >= 0.6 is 0 Å². The number of anilines is 2. The van der Waals surface area contributed by atoms with E-state index in [1.807, 2.05) is 6.07 Å². The number of pyridine rings is 2. The van der Waals surface area contributed by atoms with Crippen LogP contribution in [0.4, 0.5) is 24.5 Å². The number of nitrogens with one attached hydrogen (secondary N) is 1. The fourth-order valence-electron chi connectivity index (χ4n) is 3.15. The maximum Gasteiger partial charge on any atom is 0.416 e. The van der Waals surface area contributed by atoms with E-state index in [1.54, 1.807) is 36.4 Å². The highest BCUT2D eigenvalue weighted by Gasteiger charge is 2.30. The number of nitrogens with zero attached hydrogens (tertiary/aromatic N) is 3. The SMILES string of the molecule is N#Cc1cccc(Nc2cc(=O)n(-c3cccc(C(F)(F)F)c3)c3ncccc23)c1. The molecule has 0 atom stereocenters. The number of hydrogen-bond acceptors (Lipinski definition) is 4. The molecule has 8 heteroatoms. The van der Waals surface area contributed by atoms with Gasteiger partial charge in [0.2, 0.25) is 0 Å². The molecule has 0 aliphatic heterocycles. The smallest absolute Gasteiger partial charge is 0.355 e. The average Bonchev–Trinajstić information content (AvgIpc) is 2.73. The van der Waals surface area contributed by atoms with Crippen LogP contribution in [0.2, 0.25) is 0 Å².